The van der Waals surface area contributed by atoms with Crippen LogP contribution in [0.15, 0.2) is 24.3 Å². The molecular formula is C15H22OS. The van der Waals surface area contributed by atoms with Crippen molar-refractivity contribution in [3.8, 4) is 0 Å². The lowest BCUT2D eigenvalue weighted by Crippen LogP contribution is -2.25. The second-order valence-corrected chi connectivity index (χ2v) is 7.61. The summed E-state index contributed by atoms with van der Waals surface area (Å²) in [5.41, 5.74) is 1.96. The van der Waals surface area contributed by atoms with Crippen molar-refractivity contribution in [2.75, 3.05) is 5.75 Å². The number of benzene rings is 1. The summed E-state index contributed by atoms with van der Waals surface area (Å²) in [7, 11) is 0. The van der Waals surface area contributed by atoms with E-state index in [1.165, 1.54) is 5.56 Å². The molecule has 1 N–H and O–H groups in total. The second-order valence-electron chi connectivity index (χ2n) is 6.18. The molecule has 1 aromatic rings. The number of thioether (sulfide) groups is 1. The van der Waals surface area contributed by atoms with Crippen LogP contribution in [-0.4, -0.2) is 16.1 Å². The Morgan fingerprint density at radius 3 is 2.24 bits per heavy atom. The van der Waals surface area contributed by atoms with Gasteiger partial charge in [-0.1, -0.05) is 52.0 Å². The SMILES string of the molecule is CC1CC(O)(c2ccc(C(C)(C)C)cc2)CS1. The first-order valence-corrected chi connectivity index (χ1v) is 7.31. The summed E-state index contributed by atoms with van der Waals surface area (Å²) >= 11 is 1.86. The van der Waals surface area contributed by atoms with Crippen LogP contribution in [0.4, 0.5) is 0 Å². The summed E-state index contributed by atoms with van der Waals surface area (Å²) in [6.45, 7) is 8.82. The number of aliphatic hydroxyl groups is 1. The maximum atomic E-state index is 10.6. The van der Waals surface area contributed by atoms with Gasteiger partial charge in [-0.05, 0) is 23.0 Å². The summed E-state index contributed by atoms with van der Waals surface area (Å²) in [4.78, 5) is 0. The van der Waals surface area contributed by atoms with Crippen molar-refractivity contribution >= 4 is 11.8 Å². The van der Waals surface area contributed by atoms with E-state index in [0.29, 0.717) is 5.25 Å². The van der Waals surface area contributed by atoms with Gasteiger partial charge in [0.15, 0.2) is 0 Å². The zero-order chi connectivity index (χ0) is 12.7. The Kier molecular flexibility index (Phi) is 3.30. The zero-order valence-corrected chi connectivity index (χ0v) is 12.0. The smallest absolute Gasteiger partial charge is 0.0997 e. The van der Waals surface area contributed by atoms with Gasteiger partial charge in [-0.3, -0.25) is 0 Å². The summed E-state index contributed by atoms with van der Waals surface area (Å²) in [5, 5.41) is 11.2. The lowest BCUT2D eigenvalue weighted by atomic mass is 9.84. The summed E-state index contributed by atoms with van der Waals surface area (Å²) in [6, 6.07) is 8.50. The van der Waals surface area contributed by atoms with E-state index in [2.05, 4.69) is 52.0 Å². The quantitative estimate of drug-likeness (QED) is 0.820. The minimum Gasteiger partial charge on any atom is -0.384 e. The standard InChI is InChI=1S/C15H22OS/c1-11-9-15(16,10-17-11)13-7-5-12(6-8-13)14(2,3)4/h5-8,11,16H,9-10H2,1-4H3. The van der Waals surface area contributed by atoms with Crippen molar-refractivity contribution in [2.24, 2.45) is 0 Å². The Morgan fingerprint density at radius 1 is 1.24 bits per heavy atom. The van der Waals surface area contributed by atoms with Crippen LogP contribution in [0, 0.1) is 0 Å². The molecule has 2 rings (SSSR count). The van der Waals surface area contributed by atoms with Crippen molar-refractivity contribution in [2.45, 2.75) is 50.4 Å². The molecule has 0 aromatic heterocycles. The van der Waals surface area contributed by atoms with Gasteiger partial charge >= 0.3 is 0 Å². The summed E-state index contributed by atoms with van der Waals surface area (Å²) in [5.74, 6) is 0.822. The molecule has 2 unspecified atom stereocenters. The van der Waals surface area contributed by atoms with Crippen LogP contribution in [-0.2, 0) is 11.0 Å². The topological polar surface area (TPSA) is 20.2 Å². The van der Waals surface area contributed by atoms with Crippen LogP contribution < -0.4 is 0 Å². The molecule has 1 nitrogen and oxygen atoms in total. The fourth-order valence-electron chi connectivity index (χ4n) is 2.36. The maximum absolute atomic E-state index is 10.6. The highest BCUT2D eigenvalue weighted by Crippen LogP contribution is 2.41. The van der Waals surface area contributed by atoms with Crippen molar-refractivity contribution < 1.29 is 5.11 Å². The van der Waals surface area contributed by atoms with Crippen molar-refractivity contribution in [3.05, 3.63) is 35.4 Å². The van der Waals surface area contributed by atoms with E-state index >= 15 is 0 Å². The lowest BCUT2D eigenvalue weighted by Gasteiger charge is -2.24. The predicted octanol–water partition coefficient (Wildman–Crippen LogP) is 3.70. The number of rotatable bonds is 1. The monoisotopic (exact) mass is 250 g/mol. The van der Waals surface area contributed by atoms with E-state index in [9.17, 15) is 5.11 Å². The molecule has 1 aliphatic heterocycles. The first-order valence-electron chi connectivity index (χ1n) is 6.26. The van der Waals surface area contributed by atoms with Crippen LogP contribution in [0.25, 0.3) is 0 Å². The zero-order valence-electron chi connectivity index (χ0n) is 11.2. The van der Waals surface area contributed by atoms with Crippen molar-refractivity contribution in [3.63, 3.8) is 0 Å². The minimum atomic E-state index is -0.611. The average Bonchev–Trinajstić information content (AvgIpc) is 2.59. The van der Waals surface area contributed by atoms with Gasteiger partial charge in [0.05, 0.1) is 5.60 Å². The molecule has 0 amide bonds. The third-order valence-electron chi connectivity index (χ3n) is 3.52. The van der Waals surface area contributed by atoms with Gasteiger partial charge in [0, 0.05) is 11.0 Å². The average molecular weight is 250 g/mol. The predicted molar refractivity (Wildman–Crippen MR) is 75.6 cm³/mol. The highest BCUT2D eigenvalue weighted by atomic mass is 32.2. The van der Waals surface area contributed by atoms with Gasteiger partial charge in [-0.15, -0.1) is 0 Å². The highest BCUT2D eigenvalue weighted by Gasteiger charge is 2.37. The Hall–Kier alpha value is -0.470. The normalized spacial score (nSPS) is 29.6. The molecule has 1 saturated heterocycles. The minimum absolute atomic E-state index is 0.179. The molecule has 94 valence electrons. The van der Waals surface area contributed by atoms with Crippen LogP contribution in [0.1, 0.15) is 45.2 Å². The number of hydrogen-bond donors (Lipinski definition) is 1. The van der Waals surface area contributed by atoms with Gasteiger partial charge in [-0.2, -0.15) is 11.8 Å². The van der Waals surface area contributed by atoms with E-state index in [0.717, 1.165) is 17.7 Å². The van der Waals surface area contributed by atoms with Gasteiger partial charge in [0.1, 0.15) is 0 Å². The Labute approximate surface area is 109 Å². The molecule has 1 aromatic carbocycles. The third kappa shape index (κ3) is 2.69. The van der Waals surface area contributed by atoms with Crippen LogP contribution in [0.3, 0.4) is 0 Å². The largest absolute Gasteiger partial charge is 0.384 e. The fourth-order valence-corrected chi connectivity index (χ4v) is 3.59. The Morgan fingerprint density at radius 2 is 1.82 bits per heavy atom. The molecule has 0 aliphatic carbocycles. The van der Waals surface area contributed by atoms with E-state index in [4.69, 9.17) is 0 Å². The van der Waals surface area contributed by atoms with Gasteiger partial charge in [-0.25, -0.2) is 0 Å². The summed E-state index contributed by atoms with van der Waals surface area (Å²) < 4.78 is 0. The fraction of sp³-hybridized carbons (Fsp3) is 0.600. The van der Waals surface area contributed by atoms with E-state index in [1.807, 2.05) is 11.8 Å². The second kappa shape index (κ2) is 4.33. The number of hydrogen-bond acceptors (Lipinski definition) is 2. The maximum Gasteiger partial charge on any atom is 0.0997 e. The summed E-state index contributed by atoms with van der Waals surface area (Å²) in [6.07, 6.45) is 0.868. The Bertz CT molecular complexity index is 390. The van der Waals surface area contributed by atoms with E-state index in [1.54, 1.807) is 0 Å². The first kappa shape index (κ1) is 13.0. The van der Waals surface area contributed by atoms with Crippen LogP contribution >= 0.6 is 11.8 Å². The molecule has 1 heterocycles. The molecule has 1 fully saturated rings. The third-order valence-corrected chi connectivity index (χ3v) is 4.90. The molecule has 0 saturated carbocycles. The van der Waals surface area contributed by atoms with Crippen molar-refractivity contribution in [1.82, 2.24) is 0 Å². The molecule has 0 bridgehead atoms. The van der Waals surface area contributed by atoms with Crippen molar-refractivity contribution in [1.29, 1.82) is 0 Å². The van der Waals surface area contributed by atoms with Crippen LogP contribution in [0.5, 0.6) is 0 Å². The van der Waals surface area contributed by atoms with Crippen LogP contribution in [0.2, 0.25) is 0 Å². The van der Waals surface area contributed by atoms with Gasteiger partial charge in [0.25, 0.3) is 0 Å². The molecular weight excluding hydrogens is 228 g/mol. The van der Waals surface area contributed by atoms with Gasteiger partial charge in [0.2, 0.25) is 0 Å². The molecule has 2 heteroatoms. The van der Waals surface area contributed by atoms with Gasteiger partial charge < -0.3 is 5.11 Å². The molecule has 0 radical (unpaired) electrons. The Balaban J connectivity index is 2.24. The lowest BCUT2D eigenvalue weighted by molar-refractivity contribution is 0.0612. The first-order chi connectivity index (χ1) is 7.81. The molecule has 17 heavy (non-hydrogen) atoms. The highest BCUT2D eigenvalue weighted by molar-refractivity contribution is 8.00. The van der Waals surface area contributed by atoms with E-state index < -0.39 is 5.60 Å². The molecule has 2 atom stereocenters. The van der Waals surface area contributed by atoms with E-state index in [-0.39, 0.29) is 5.41 Å². The molecule has 1 aliphatic rings. The molecule has 0 spiro atoms.